The number of carbonyl (C=O) groups is 2. The summed E-state index contributed by atoms with van der Waals surface area (Å²) in [6.45, 7) is 6.49. The Morgan fingerprint density at radius 1 is 1.17 bits per heavy atom. The first kappa shape index (κ1) is 16.9. The predicted octanol–water partition coefficient (Wildman–Crippen LogP) is 0.768. The van der Waals surface area contributed by atoms with Crippen molar-refractivity contribution in [1.82, 2.24) is 5.32 Å². The van der Waals surface area contributed by atoms with Gasteiger partial charge in [-0.05, 0) is 31.7 Å². The largest absolute Gasteiger partial charge is 0.368 e. The van der Waals surface area contributed by atoms with E-state index in [1.165, 1.54) is 0 Å². The summed E-state index contributed by atoms with van der Waals surface area (Å²) < 4.78 is 0. The van der Waals surface area contributed by atoms with E-state index in [0.717, 1.165) is 19.3 Å². The molecule has 0 aliphatic heterocycles. The second kappa shape index (κ2) is 8.91. The highest BCUT2D eigenvalue weighted by Gasteiger charge is 2.21. The number of carbonyl (C=O) groups excluding carboxylic acids is 2. The summed E-state index contributed by atoms with van der Waals surface area (Å²) in [5, 5.41) is 2.73. The highest BCUT2D eigenvalue weighted by atomic mass is 16.2. The Morgan fingerprint density at radius 3 is 2.22 bits per heavy atom. The van der Waals surface area contributed by atoms with Crippen molar-refractivity contribution in [3.63, 3.8) is 0 Å². The summed E-state index contributed by atoms with van der Waals surface area (Å²) in [4.78, 5) is 23.1. The normalized spacial score (nSPS) is 14.3. The van der Waals surface area contributed by atoms with Crippen LogP contribution in [0.5, 0.6) is 0 Å². The fraction of sp³-hybridized carbons (Fsp3) is 0.846. The Hall–Kier alpha value is -1.10. The number of amides is 2. The summed E-state index contributed by atoms with van der Waals surface area (Å²) in [5.41, 5.74) is 10.7. The molecule has 18 heavy (non-hydrogen) atoms. The second-order valence-electron chi connectivity index (χ2n) is 5.28. The van der Waals surface area contributed by atoms with Gasteiger partial charge in [0.2, 0.25) is 11.8 Å². The average molecular weight is 257 g/mol. The zero-order valence-electron chi connectivity index (χ0n) is 11.7. The van der Waals surface area contributed by atoms with Crippen LogP contribution in [0.15, 0.2) is 0 Å². The van der Waals surface area contributed by atoms with E-state index in [2.05, 4.69) is 5.32 Å². The Morgan fingerprint density at radius 2 is 1.78 bits per heavy atom. The van der Waals surface area contributed by atoms with E-state index in [4.69, 9.17) is 11.5 Å². The topological polar surface area (TPSA) is 98.2 Å². The van der Waals surface area contributed by atoms with E-state index in [-0.39, 0.29) is 11.8 Å². The van der Waals surface area contributed by atoms with Gasteiger partial charge >= 0.3 is 0 Å². The van der Waals surface area contributed by atoms with Crippen molar-refractivity contribution in [2.75, 3.05) is 6.54 Å². The molecule has 0 aliphatic carbocycles. The number of unbranched alkanes of at least 4 members (excludes halogenated alkanes) is 1. The van der Waals surface area contributed by atoms with Gasteiger partial charge in [0, 0.05) is 5.92 Å². The van der Waals surface area contributed by atoms with E-state index >= 15 is 0 Å². The molecule has 0 heterocycles. The molecule has 2 unspecified atom stereocenters. The van der Waals surface area contributed by atoms with Gasteiger partial charge in [0.25, 0.3) is 0 Å². The number of nitrogens with one attached hydrogen (secondary N) is 1. The molecular weight excluding hydrogens is 230 g/mol. The van der Waals surface area contributed by atoms with Crippen LogP contribution < -0.4 is 16.8 Å². The van der Waals surface area contributed by atoms with Crippen molar-refractivity contribution >= 4 is 11.8 Å². The first-order valence-corrected chi connectivity index (χ1v) is 6.68. The summed E-state index contributed by atoms with van der Waals surface area (Å²) in [6, 6.07) is -0.561. The van der Waals surface area contributed by atoms with Gasteiger partial charge in [0.05, 0.1) is 0 Å². The first-order chi connectivity index (χ1) is 8.38. The molecule has 0 rings (SSSR count). The highest BCUT2D eigenvalue weighted by Crippen LogP contribution is 2.10. The average Bonchev–Trinajstić information content (AvgIpc) is 2.27. The summed E-state index contributed by atoms with van der Waals surface area (Å²) in [7, 11) is 0. The fourth-order valence-corrected chi connectivity index (χ4v) is 1.76. The van der Waals surface area contributed by atoms with Gasteiger partial charge in [0.1, 0.15) is 6.04 Å². The minimum absolute atomic E-state index is 0.100. The maximum absolute atomic E-state index is 11.9. The minimum atomic E-state index is -0.561. The molecule has 5 N–H and O–H groups in total. The monoisotopic (exact) mass is 257 g/mol. The zero-order valence-corrected chi connectivity index (χ0v) is 11.7. The molecule has 0 aromatic heterocycles. The van der Waals surface area contributed by atoms with Gasteiger partial charge in [-0.2, -0.15) is 0 Å². The standard InChI is InChI=1S/C13H27N3O2/c1-9(2)8-11(12(15)17)16-13(18)10(3)6-4-5-7-14/h9-11H,4-8,14H2,1-3H3,(H2,15,17)(H,16,18). The minimum Gasteiger partial charge on any atom is -0.368 e. The summed E-state index contributed by atoms with van der Waals surface area (Å²) in [5.74, 6) is -0.358. The molecular formula is C13H27N3O2. The molecule has 5 nitrogen and oxygen atoms in total. The lowest BCUT2D eigenvalue weighted by Crippen LogP contribution is -2.46. The molecule has 2 amide bonds. The number of hydrogen-bond donors (Lipinski definition) is 3. The molecule has 0 aliphatic rings. The number of rotatable bonds is 9. The van der Waals surface area contributed by atoms with Crippen LogP contribution in [0.25, 0.3) is 0 Å². The van der Waals surface area contributed by atoms with Crippen LogP contribution in [0.2, 0.25) is 0 Å². The van der Waals surface area contributed by atoms with Crippen LogP contribution in [0, 0.1) is 11.8 Å². The van der Waals surface area contributed by atoms with Crippen molar-refractivity contribution in [3.8, 4) is 0 Å². The zero-order chi connectivity index (χ0) is 14.1. The van der Waals surface area contributed by atoms with Gasteiger partial charge in [-0.25, -0.2) is 0 Å². The SMILES string of the molecule is CC(C)CC(NC(=O)C(C)CCCCN)C(N)=O. The van der Waals surface area contributed by atoms with Gasteiger partial charge < -0.3 is 16.8 Å². The van der Waals surface area contributed by atoms with Crippen molar-refractivity contribution in [1.29, 1.82) is 0 Å². The maximum Gasteiger partial charge on any atom is 0.240 e. The smallest absolute Gasteiger partial charge is 0.240 e. The molecule has 0 saturated carbocycles. The van der Waals surface area contributed by atoms with Gasteiger partial charge in [0.15, 0.2) is 0 Å². The van der Waals surface area contributed by atoms with Crippen LogP contribution >= 0.6 is 0 Å². The highest BCUT2D eigenvalue weighted by molar-refractivity contribution is 5.87. The van der Waals surface area contributed by atoms with E-state index in [0.29, 0.717) is 18.9 Å². The van der Waals surface area contributed by atoms with Crippen LogP contribution in [0.3, 0.4) is 0 Å². The Labute approximate surface area is 110 Å². The third kappa shape index (κ3) is 7.27. The third-order valence-corrected chi connectivity index (χ3v) is 2.91. The van der Waals surface area contributed by atoms with Crippen LogP contribution in [-0.2, 0) is 9.59 Å². The molecule has 2 atom stereocenters. The predicted molar refractivity (Wildman–Crippen MR) is 72.6 cm³/mol. The Kier molecular flexibility index (Phi) is 8.37. The van der Waals surface area contributed by atoms with E-state index in [9.17, 15) is 9.59 Å². The van der Waals surface area contributed by atoms with Crippen molar-refractivity contribution in [2.45, 2.75) is 52.5 Å². The Bertz CT molecular complexity index is 267. The molecule has 5 heteroatoms. The van der Waals surface area contributed by atoms with Crippen LogP contribution in [0.1, 0.15) is 46.5 Å². The number of nitrogens with two attached hydrogens (primary N) is 2. The maximum atomic E-state index is 11.9. The lowest BCUT2D eigenvalue weighted by Gasteiger charge is -2.20. The van der Waals surface area contributed by atoms with Crippen molar-refractivity contribution in [2.24, 2.45) is 23.3 Å². The van der Waals surface area contributed by atoms with E-state index in [1.54, 1.807) is 0 Å². The number of primary amides is 1. The third-order valence-electron chi connectivity index (χ3n) is 2.91. The molecule has 0 bridgehead atoms. The van der Waals surface area contributed by atoms with Crippen LogP contribution in [-0.4, -0.2) is 24.4 Å². The summed E-state index contributed by atoms with van der Waals surface area (Å²) in [6.07, 6.45) is 3.21. The summed E-state index contributed by atoms with van der Waals surface area (Å²) >= 11 is 0. The molecule has 0 fully saturated rings. The van der Waals surface area contributed by atoms with Gasteiger partial charge in [-0.15, -0.1) is 0 Å². The van der Waals surface area contributed by atoms with Crippen molar-refractivity contribution in [3.05, 3.63) is 0 Å². The molecule has 106 valence electrons. The van der Waals surface area contributed by atoms with Crippen molar-refractivity contribution < 1.29 is 9.59 Å². The molecule has 0 saturated heterocycles. The van der Waals surface area contributed by atoms with Gasteiger partial charge in [-0.1, -0.05) is 27.2 Å². The fourth-order valence-electron chi connectivity index (χ4n) is 1.76. The van der Waals surface area contributed by atoms with E-state index < -0.39 is 11.9 Å². The lowest BCUT2D eigenvalue weighted by atomic mass is 10.00. The first-order valence-electron chi connectivity index (χ1n) is 6.68. The van der Waals surface area contributed by atoms with Crippen LogP contribution in [0.4, 0.5) is 0 Å². The molecule has 0 aromatic rings. The molecule has 0 radical (unpaired) electrons. The quantitative estimate of drug-likeness (QED) is 0.532. The second-order valence-corrected chi connectivity index (χ2v) is 5.28. The molecule has 0 aromatic carbocycles. The lowest BCUT2D eigenvalue weighted by molar-refractivity contribution is -0.130. The number of hydrogen-bond acceptors (Lipinski definition) is 3. The van der Waals surface area contributed by atoms with E-state index in [1.807, 2.05) is 20.8 Å². The molecule has 0 spiro atoms. The van der Waals surface area contributed by atoms with Gasteiger partial charge in [-0.3, -0.25) is 9.59 Å². The Balaban J connectivity index is 4.19.